The van der Waals surface area contributed by atoms with E-state index >= 15 is 0 Å². The fraction of sp³-hybridized carbons (Fsp3) is 0.235. The van der Waals surface area contributed by atoms with E-state index in [1.165, 1.54) is 0 Å². The van der Waals surface area contributed by atoms with E-state index < -0.39 is 0 Å². The molecule has 0 spiro atoms. The lowest BCUT2D eigenvalue weighted by Gasteiger charge is -2.11. The van der Waals surface area contributed by atoms with E-state index in [1.807, 2.05) is 50.2 Å². The normalized spacial score (nSPS) is 10.1. The highest BCUT2D eigenvalue weighted by molar-refractivity contribution is 5.97. The second-order valence-corrected chi connectivity index (χ2v) is 4.46. The van der Waals surface area contributed by atoms with Crippen molar-refractivity contribution in [3.05, 3.63) is 59.7 Å². The summed E-state index contributed by atoms with van der Waals surface area (Å²) < 4.78 is 11.0. The van der Waals surface area contributed by atoms with Gasteiger partial charge in [0, 0.05) is 5.56 Å². The molecule has 0 saturated heterocycles. The largest absolute Gasteiger partial charge is 0.490 e. The van der Waals surface area contributed by atoms with Crippen molar-refractivity contribution in [3.63, 3.8) is 0 Å². The van der Waals surface area contributed by atoms with Crippen molar-refractivity contribution in [1.29, 1.82) is 0 Å². The molecule has 3 nitrogen and oxygen atoms in total. The molecule has 0 aliphatic carbocycles. The van der Waals surface area contributed by atoms with Gasteiger partial charge in [-0.25, -0.2) is 0 Å². The van der Waals surface area contributed by atoms with Crippen LogP contribution >= 0.6 is 0 Å². The molecule has 0 saturated carbocycles. The molecule has 2 aromatic rings. The van der Waals surface area contributed by atoms with Crippen molar-refractivity contribution in [1.82, 2.24) is 0 Å². The smallest absolute Gasteiger partial charge is 0.200 e. The number of benzene rings is 2. The van der Waals surface area contributed by atoms with Crippen LogP contribution < -0.4 is 9.47 Å². The Morgan fingerprint density at radius 2 is 1.70 bits per heavy atom. The van der Waals surface area contributed by atoms with Crippen LogP contribution in [0.25, 0.3) is 0 Å². The standard InChI is InChI=1S/C17H18O3/c1-3-19-16-9-4-5-10-17(16)20-12-15(18)14-8-6-7-13(2)11-14/h4-11H,3,12H2,1-2H3. The third-order valence-electron chi connectivity index (χ3n) is 2.85. The summed E-state index contributed by atoms with van der Waals surface area (Å²) in [7, 11) is 0. The van der Waals surface area contributed by atoms with Gasteiger partial charge in [-0.2, -0.15) is 0 Å². The molecule has 2 aromatic carbocycles. The predicted molar refractivity (Wildman–Crippen MR) is 78.6 cm³/mol. The van der Waals surface area contributed by atoms with E-state index in [4.69, 9.17) is 9.47 Å². The first kappa shape index (κ1) is 14.1. The van der Waals surface area contributed by atoms with Crippen LogP contribution in [-0.4, -0.2) is 19.0 Å². The Labute approximate surface area is 119 Å². The average Bonchev–Trinajstić information content (AvgIpc) is 2.46. The van der Waals surface area contributed by atoms with Gasteiger partial charge in [0.05, 0.1) is 6.61 Å². The van der Waals surface area contributed by atoms with Gasteiger partial charge in [-0.1, -0.05) is 35.9 Å². The first-order valence-corrected chi connectivity index (χ1v) is 6.65. The van der Waals surface area contributed by atoms with E-state index in [1.54, 1.807) is 12.1 Å². The quantitative estimate of drug-likeness (QED) is 0.751. The van der Waals surface area contributed by atoms with Crippen molar-refractivity contribution >= 4 is 5.78 Å². The summed E-state index contributed by atoms with van der Waals surface area (Å²) in [5.41, 5.74) is 1.73. The minimum Gasteiger partial charge on any atom is -0.490 e. The fourth-order valence-electron chi connectivity index (χ4n) is 1.89. The second kappa shape index (κ2) is 6.75. The monoisotopic (exact) mass is 270 g/mol. The van der Waals surface area contributed by atoms with Crippen LogP contribution in [0, 0.1) is 6.92 Å². The number of aryl methyl sites for hydroxylation is 1. The van der Waals surface area contributed by atoms with Crippen molar-refractivity contribution in [2.45, 2.75) is 13.8 Å². The van der Waals surface area contributed by atoms with Crippen LogP contribution in [0.2, 0.25) is 0 Å². The molecule has 0 aliphatic rings. The van der Waals surface area contributed by atoms with Crippen molar-refractivity contribution in [2.24, 2.45) is 0 Å². The summed E-state index contributed by atoms with van der Waals surface area (Å²) >= 11 is 0. The predicted octanol–water partition coefficient (Wildman–Crippen LogP) is 3.66. The lowest BCUT2D eigenvalue weighted by atomic mass is 10.1. The molecule has 20 heavy (non-hydrogen) atoms. The number of ether oxygens (including phenoxy) is 2. The first-order chi connectivity index (χ1) is 9.70. The molecule has 0 radical (unpaired) electrons. The summed E-state index contributed by atoms with van der Waals surface area (Å²) in [5, 5.41) is 0. The lowest BCUT2D eigenvalue weighted by molar-refractivity contribution is 0.0919. The highest BCUT2D eigenvalue weighted by atomic mass is 16.5. The summed E-state index contributed by atoms with van der Waals surface area (Å²) in [6.45, 7) is 4.44. The molecule has 0 heterocycles. The number of carbonyl (C=O) groups excluding carboxylic acids is 1. The fourth-order valence-corrected chi connectivity index (χ4v) is 1.89. The van der Waals surface area contributed by atoms with Crippen LogP contribution in [0.15, 0.2) is 48.5 Å². The van der Waals surface area contributed by atoms with Gasteiger partial charge >= 0.3 is 0 Å². The maximum atomic E-state index is 12.1. The zero-order valence-corrected chi connectivity index (χ0v) is 11.8. The van der Waals surface area contributed by atoms with Gasteiger partial charge < -0.3 is 9.47 Å². The number of para-hydroxylation sites is 2. The molecular formula is C17H18O3. The molecule has 0 bridgehead atoms. The average molecular weight is 270 g/mol. The molecule has 0 atom stereocenters. The summed E-state index contributed by atoms with van der Waals surface area (Å²) in [5.74, 6) is 1.21. The Morgan fingerprint density at radius 3 is 2.35 bits per heavy atom. The number of hydrogen-bond acceptors (Lipinski definition) is 3. The van der Waals surface area contributed by atoms with Gasteiger partial charge in [0.1, 0.15) is 0 Å². The number of carbonyl (C=O) groups is 1. The Kier molecular flexibility index (Phi) is 4.77. The SMILES string of the molecule is CCOc1ccccc1OCC(=O)c1cccc(C)c1. The number of ketones is 1. The molecule has 2 rings (SSSR count). The van der Waals surface area contributed by atoms with E-state index in [-0.39, 0.29) is 12.4 Å². The maximum absolute atomic E-state index is 12.1. The number of rotatable bonds is 6. The van der Waals surface area contributed by atoms with Crippen LogP contribution in [-0.2, 0) is 0 Å². The van der Waals surface area contributed by atoms with Crippen molar-refractivity contribution < 1.29 is 14.3 Å². The zero-order chi connectivity index (χ0) is 14.4. The van der Waals surface area contributed by atoms with Crippen molar-refractivity contribution in [3.8, 4) is 11.5 Å². The highest BCUT2D eigenvalue weighted by Gasteiger charge is 2.09. The molecule has 0 aliphatic heterocycles. The van der Waals surface area contributed by atoms with Crippen molar-refractivity contribution in [2.75, 3.05) is 13.2 Å². The number of Topliss-reactive ketones (excluding diaryl/α,β-unsaturated/α-hetero) is 1. The maximum Gasteiger partial charge on any atom is 0.200 e. The molecule has 0 N–H and O–H groups in total. The number of hydrogen-bond donors (Lipinski definition) is 0. The van der Waals surface area contributed by atoms with Gasteiger partial charge in [-0.15, -0.1) is 0 Å². The van der Waals surface area contributed by atoms with E-state index in [0.717, 1.165) is 5.56 Å². The minimum absolute atomic E-state index is 0.00748. The van der Waals surface area contributed by atoms with Gasteiger partial charge in [0.25, 0.3) is 0 Å². The summed E-state index contributed by atoms with van der Waals surface area (Å²) in [6.07, 6.45) is 0. The highest BCUT2D eigenvalue weighted by Crippen LogP contribution is 2.26. The molecule has 104 valence electrons. The zero-order valence-electron chi connectivity index (χ0n) is 11.8. The molecule has 3 heteroatoms. The Morgan fingerprint density at radius 1 is 1.00 bits per heavy atom. The van der Waals surface area contributed by atoms with Crippen LogP contribution in [0.4, 0.5) is 0 Å². The van der Waals surface area contributed by atoms with Gasteiger partial charge in [-0.05, 0) is 32.0 Å². The summed E-state index contributed by atoms with van der Waals surface area (Å²) in [4.78, 5) is 12.1. The molecule has 0 amide bonds. The Hall–Kier alpha value is -2.29. The molecule has 0 fully saturated rings. The van der Waals surface area contributed by atoms with Crippen LogP contribution in [0.3, 0.4) is 0 Å². The third kappa shape index (κ3) is 3.60. The molecule has 0 unspecified atom stereocenters. The molecule has 0 aromatic heterocycles. The van der Waals surface area contributed by atoms with E-state index in [0.29, 0.717) is 23.7 Å². The Bertz CT molecular complexity index is 590. The first-order valence-electron chi connectivity index (χ1n) is 6.65. The third-order valence-corrected chi connectivity index (χ3v) is 2.85. The lowest BCUT2D eigenvalue weighted by Crippen LogP contribution is -2.12. The van der Waals surface area contributed by atoms with Gasteiger partial charge in [-0.3, -0.25) is 4.79 Å². The second-order valence-electron chi connectivity index (χ2n) is 4.46. The van der Waals surface area contributed by atoms with Crippen LogP contribution in [0.1, 0.15) is 22.8 Å². The topological polar surface area (TPSA) is 35.5 Å². The summed E-state index contributed by atoms with van der Waals surface area (Å²) in [6, 6.07) is 14.9. The van der Waals surface area contributed by atoms with E-state index in [2.05, 4.69) is 0 Å². The van der Waals surface area contributed by atoms with Crippen LogP contribution in [0.5, 0.6) is 11.5 Å². The molecular weight excluding hydrogens is 252 g/mol. The van der Waals surface area contributed by atoms with E-state index in [9.17, 15) is 4.79 Å². The minimum atomic E-state index is -0.0417. The Balaban J connectivity index is 2.03. The van der Waals surface area contributed by atoms with Gasteiger partial charge in [0.2, 0.25) is 0 Å². The van der Waals surface area contributed by atoms with Gasteiger partial charge in [0.15, 0.2) is 23.9 Å².